The number of hydrogen-bond acceptors (Lipinski definition) is 3. The van der Waals surface area contributed by atoms with E-state index in [9.17, 15) is 0 Å². The predicted molar refractivity (Wildman–Crippen MR) is 82.6 cm³/mol. The van der Waals surface area contributed by atoms with Gasteiger partial charge in [-0.15, -0.1) is 0 Å². The molecule has 0 bridgehead atoms. The van der Waals surface area contributed by atoms with Crippen LogP contribution in [-0.4, -0.2) is 11.0 Å². The maximum Gasteiger partial charge on any atom is 0.219 e. The number of pyridine rings is 1. The van der Waals surface area contributed by atoms with E-state index in [0.29, 0.717) is 5.88 Å². The molecule has 0 atom stereocenters. The Balaban J connectivity index is 1.41. The average molecular weight is 280 g/mol. The van der Waals surface area contributed by atoms with Crippen LogP contribution in [0.4, 0.5) is 0 Å². The van der Waals surface area contributed by atoms with E-state index in [1.54, 1.807) is 0 Å². The smallest absolute Gasteiger partial charge is 0.219 e. The molecule has 1 saturated carbocycles. The first-order chi connectivity index (χ1) is 10.4. The van der Waals surface area contributed by atoms with Gasteiger partial charge in [0.15, 0.2) is 0 Å². The van der Waals surface area contributed by atoms with E-state index in [4.69, 9.17) is 4.74 Å². The summed E-state index contributed by atoms with van der Waals surface area (Å²) in [4.78, 5) is 4.40. The maximum atomic E-state index is 5.87. The van der Waals surface area contributed by atoms with Crippen LogP contribution in [0, 0.1) is 0 Å². The van der Waals surface area contributed by atoms with Crippen molar-refractivity contribution in [3.05, 3.63) is 53.2 Å². The summed E-state index contributed by atoms with van der Waals surface area (Å²) in [5, 5.41) is 3.49. The molecule has 1 aromatic heterocycles. The van der Waals surface area contributed by atoms with E-state index in [0.717, 1.165) is 18.3 Å². The van der Waals surface area contributed by atoms with Gasteiger partial charge < -0.3 is 10.1 Å². The molecule has 2 aliphatic carbocycles. The molecule has 0 aliphatic heterocycles. The van der Waals surface area contributed by atoms with Crippen molar-refractivity contribution in [2.75, 3.05) is 0 Å². The van der Waals surface area contributed by atoms with Crippen molar-refractivity contribution >= 4 is 0 Å². The standard InChI is InChI=1S/C18H20N2O/c1-2-14-5-8-17(10-15(14)3-1)21-18-9-4-13(12-20-18)11-19-16-6-7-16/h4-5,8-10,12,16,19H,1-3,6-7,11H2. The Morgan fingerprint density at radius 1 is 1.10 bits per heavy atom. The number of aromatic nitrogens is 1. The van der Waals surface area contributed by atoms with Crippen molar-refractivity contribution in [2.24, 2.45) is 0 Å². The summed E-state index contributed by atoms with van der Waals surface area (Å²) in [5.74, 6) is 1.56. The second kappa shape index (κ2) is 5.49. The number of aryl methyl sites for hydroxylation is 2. The molecule has 3 heteroatoms. The third-order valence-corrected chi connectivity index (χ3v) is 4.26. The number of benzene rings is 1. The van der Waals surface area contributed by atoms with E-state index < -0.39 is 0 Å². The molecule has 3 nitrogen and oxygen atoms in total. The van der Waals surface area contributed by atoms with Gasteiger partial charge in [-0.1, -0.05) is 12.1 Å². The Labute approximate surface area is 125 Å². The van der Waals surface area contributed by atoms with Crippen molar-refractivity contribution in [1.82, 2.24) is 10.3 Å². The van der Waals surface area contributed by atoms with Gasteiger partial charge in [0.2, 0.25) is 5.88 Å². The molecule has 2 aliphatic rings. The molecular weight excluding hydrogens is 260 g/mol. The topological polar surface area (TPSA) is 34.1 Å². The quantitative estimate of drug-likeness (QED) is 0.908. The van der Waals surface area contributed by atoms with Crippen molar-refractivity contribution < 1.29 is 4.74 Å². The maximum absolute atomic E-state index is 5.87. The van der Waals surface area contributed by atoms with Crippen molar-refractivity contribution in [2.45, 2.75) is 44.7 Å². The van der Waals surface area contributed by atoms with Crippen LogP contribution in [0.15, 0.2) is 36.5 Å². The summed E-state index contributed by atoms with van der Waals surface area (Å²) in [7, 11) is 0. The van der Waals surface area contributed by atoms with Gasteiger partial charge in [0.1, 0.15) is 5.75 Å². The summed E-state index contributed by atoms with van der Waals surface area (Å²) in [6.07, 6.45) is 8.17. The van der Waals surface area contributed by atoms with Crippen LogP contribution in [0.3, 0.4) is 0 Å². The summed E-state index contributed by atoms with van der Waals surface area (Å²) in [6.45, 7) is 0.900. The highest BCUT2D eigenvalue weighted by molar-refractivity contribution is 5.39. The molecule has 1 aromatic carbocycles. The predicted octanol–water partition coefficient (Wildman–Crippen LogP) is 3.61. The zero-order chi connectivity index (χ0) is 14.1. The Hall–Kier alpha value is -1.87. The largest absolute Gasteiger partial charge is 0.439 e. The zero-order valence-corrected chi connectivity index (χ0v) is 12.1. The Morgan fingerprint density at radius 2 is 2.00 bits per heavy atom. The Bertz CT molecular complexity index is 632. The van der Waals surface area contributed by atoms with Crippen LogP contribution in [0.1, 0.15) is 36.0 Å². The normalized spacial score (nSPS) is 16.8. The average Bonchev–Trinajstić information content (AvgIpc) is 3.23. The highest BCUT2D eigenvalue weighted by atomic mass is 16.5. The molecule has 0 radical (unpaired) electrons. The highest BCUT2D eigenvalue weighted by Gasteiger charge is 2.19. The number of rotatable bonds is 5. The van der Waals surface area contributed by atoms with Crippen LogP contribution >= 0.6 is 0 Å². The highest BCUT2D eigenvalue weighted by Crippen LogP contribution is 2.28. The van der Waals surface area contributed by atoms with Gasteiger partial charge in [-0.3, -0.25) is 0 Å². The van der Waals surface area contributed by atoms with Crippen LogP contribution in [-0.2, 0) is 19.4 Å². The summed E-state index contributed by atoms with van der Waals surface area (Å²) in [5.41, 5.74) is 4.11. The van der Waals surface area contributed by atoms with E-state index in [1.165, 1.54) is 48.8 Å². The Kier molecular flexibility index (Phi) is 3.36. The minimum absolute atomic E-state index is 0.670. The molecule has 1 heterocycles. The number of ether oxygens (including phenoxy) is 1. The van der Waals surface area contributed by atoms with E-state index in [1.807, 2.05) is 18.3 Å². The molecule has 0 saturated heterocycles. The minimum Gasteiger partial charge on any atom is -0.439 e. The molecule has 0 unspecified atom stereocenters. The second-order valence-corrected chi connectivity index (χ2v) is 6.05. The summed E-state index contributed by atoms with van der Waals surface area (Å²) in [6, 6.07) is 11.2. The summed E-state index contributed by atoms with van der Waals surface area (Å²) >= 11 is 0. The van der Waals surface area contributed by atoms with E-state index in [-0.39, 0.29) is 0 Å². The minimum atomic E-state index is 0.670. The zero-order valence-electron chi connectivity index (χ0n) is 12.1. The van der Waals surface area contributed by atoms with Crippen molar-refractivity contribution in [1.29, 1.82) is 0 Å². The lowest BCUT2D eigenvalue weighted by atomic mass is 10.1. The molecule has 0 amide bonds. The monoisotopic (exact) mass is 280 g/mol. The molecule has 0 spiro atoms. The third-order valence-electron chi connectivity index (χ3n) is 4.26. The fourth-order valence-electron chi connectivity index (χ4n) is 2.86. The lowest BCUT2D eigenvalue weighted by molar-refractivity contribution is 0.461. The van der Waals surface area contributed by atoms with Gasteiger partial charge in [0.05, 0.1) is 0 Å². The van der Waals surface area contributed by atoms with Gasteiger partial charge in [0, 0.05) is 24.8 Å². The van der Waals surface area contributed by atoms with Gasteiger partial charge in [-0.05, 0) is 60.9 Å². The fraction of sp³-hybridized carbons (Fsp3) is 0.389. The van der Waals surface area contributed by atoms with Gasteiger partial charge in [0.25, 0.3) is 0 Å². The number of fused-ring (bicyclic) bond motifs is 1. The molecule has 4 rings (SSSR count). The first-order valence-corrected chi connectivity index (χ1v) is 7.85. The molecule has 108 valence electrons. The number of hydrogen-bond donors (Lipinski definition) is 1. The van der Waals surface area contributed by atoms with Gasteiger partial charge >= 0.3 is 0 Å². The lowest BCUT2D eigenvalue weighted by Crippen LogP contribution is -2.15. The molecule has 1 N–H and O–H groups in total. The molecule has 1 fully saturated rings. The number of nitrogens with zero attached hydrogens (tertiary/aromatic N) is 1. The third kappa shape index (κ3) is 3.08. The first kappa shape index (κ1) is 12.8. The van der Waals surface area contributed by atoms with Crippen LogP contribution in [0.5, 0.6) is 11.6 Å². The second-order valence-electron chi connectivity index (χ2n) is 6.05. The van der Waals surface area contributed by atoms with Gasteiger partial charge in [-0.2, -0.15) is 0 Å². The van der Waals surface area contributed by atoms with Crippen LogP contribution in [0.25, 0.3) is 0 Å². The lowest BCUT2D eigenvalue weighted by Gasteiger charge is -2.08. The molecular formula is C18H20N2O. The summed E-state index contributed by atoms with van der Waals surface area (Å²) < 4.78 is 5.87. The van der Waals surface area contributed by atoms with E-state index in [2.05, 4.69) is 28.5 Å². The first-order valence-electron chi connectivity index (χ1n) is 7.85. The van der Waals surface area contributed by atoms with Crippen LogP contribution < -0.4 is 10.1 Å². The van der Waals surface area contributed by atoms with E-state index >= 15 is 0 Å². The fourth-order valence-corrected chi connectivity index (χ4v) is 2.86. The number of nitrogens with one attached hydrogen (secondary N) is 1. The van der Waals surface area contributed by atoms with Crippen LogP contribution in [0.2, 0.25) is 0 Å². The van der Waals surface area contributed by atoms with Crippen molar-refractivity contribution in [3.8, 4) is 11.6 Å². The van der Waals surface area contributed by atoms with Gasteiger partial charge in [-0.25, -0.2) is 4.98 Å². The SMILES string of the molecule is c1cc(Oc2ccc3c(c2)CCC3)ncc1CNC1CC1. The Morgan fingerprint density at radius 3 is 2.81 bits per heavy atom. The van der Waals surface area contributed by atoms with Crippen molar-refractivity contribution in [3.63, 3.8) is 0 Å². The molecule has 2 aromatic rings. The molecule has 21 heavy (non-hydrogen) atoms.